The van der Waals surface area contributed by atoms with Crippen molar-refractivity contribution >= 4 is 23.4 Å². The number of nitrogens with zero attached hydrogens (tertiary/aromatic N) is 2. The van der Waals surface area contributed by atoms with Crippen LogP contribution in [0, 0.1) is 0 Å². The van der Waals surface area contributed by atoms with E-state index in [-0.39, 0.29) is 30.2 Å². The third-order valence-corrected chi connectivity index (χ3v) is 5.40. The molecule has 1 aromatic heterocycles. The molecule has 0 aliphatic heterocycles. The summed E-state index contributed by atoms with van der Waals surface area (Å²) in [7, 11) is 0. The molecule has 1 heterocycles. The van der Waals surface area contributed by atoms with Gasteiger partial charge >= 0.3 is 11.7 Å². The quantitative estimate of drug-likeness (QED) is 0.308. The molecule has 0 aliphatic carbocycles. The van der Waals surface area contributed by atoms with E-state index < -0.39 is 29.7 Å². The van der Waals surface area contributed by atoms with Gasteiger partial charge in [0.1, 0.15) is 11.6 Å². The van der Waals surface area contributed by atoms with Gasteiger partial charge in [-0.3, -0.25) is 19.1 Å². The zero-order valence-electron chi connectivity index (χ0n) is 20.8. The second-order valence-electron chi connectivity index (χ2n) is 8.20. The third kappa shape index (κ3) is 7.73. The smallest absolute Gasteiger partial charge is 0.338 e. The average molecular weight is 489 g/mol. The van der Waals surface area contributed by atoms with Gasteiger partial charge in [-0.15, -0.1) is 0 Å². The van der Waals surface area contributed by atoms with Crippen LogP contribution in [0.4, 0.5) is 11.5 Å². The van der Waals surface area contributed by atoms with Crippen molar-refractivity contribution in [2.24, 2.45) is 0 Å². The number of nitrogens with two attached hydrogens (primary N) is 1. The Labute approximate surface area is 205 Å². The van der Waals surface area contributed by atoms with Gasteiger partial charge in [0.05, 0.1) is 12.2 Å². The number of benzene rings is 1. The molecule has 10 heteroatoms. The van der Waals surface area contributed by atoms with Crippen LogP contribution in [0.3, 0.4) is 0 Å². The maximum absolute atomic E-state index is 13.0. The van der Waals surface area contributed by atoms with Crippen molar-refractivity contribution in [2.75, 3.05) is 30.4 Å². The van der Waals surface area contributed by atoms with E-state index in [2.05, 4.69) is 11.9 Å². The second kappa shape index (κ2) is 14.0. The van der Waals surface area contributed by atoms with Crippen LogP contribution in [-0.2, 0) is 16.1 Å². The van der Waals surface area contributed by atoms with E-state index in [9.17, 15) is 19.2 Å². The van der Waals surface area contributed by atoms with Crippen molar-refractivity contribution in [3.63, 3.8) is 0 Å². The molecule has 1 aromatic carbocycles. The highest BCUT2D eigenvalue weighted by molar-refractivity contribution is 5.98. The van der Waals surface area contributed by atoms with Gasteiger partial charge in [0, 0.05) is 13.1 Å². The number of anilines is 2. The molecule has 35 heavy (non-hydrogen) atoms. The maximum atomic E-state index is 13.0. The highest BCUT2D eigenvalue weighted by Crippen LogP contribution is 2.19. The van der Waals surface area contributed by atoms with Gasteiger partial charge in [0.15, 0.2) is 12.3 Å². The molecule has 2 rings (SSSR count). The van der Waals surface area contributed by atoms with E-state index >= 15 is 0 Å². The van der Waals surface area contributed by atoms with Crippen LogP contribution in [0.15, 0.2) is 33.9 Å². The number of unbranched alkanes of at least 4 members (excludes halogenated alkanes) is 3. The molecule has 3 N–H and O–H groups in total. The molecule has 0 saturated heterocycles. The lowest BCUT2D eigenvalue weighted by molar-refractivity contribution is -0.121. The van der Waals surface area contributed by atoms with Gasteiger partial charge < -0.3 is 20.1 Å². The Balaban J connectivity index is 2.12. The molecule has 0 spiro atoms. The number of nitrogens with one attached hydrogen (secondary N) is 1. The number of aromatic nitrogens is 2. The number of hydrogen-bond donors (Lipinski definition) is 2. The molecule has 1 amide bonds. The molecule has 2 aromatic rings. The van der Waals surface area contributed by atoms with E-state index in [0.717, 1.165) is 25.7 Å². The first-order chi connectivity index (χ1) is 16.8. The van der Waals surface area contributed by atoms with Crippen molar-refractivity contribution in [3.8, 4) is 5.75 Å². The van der Waals surface area contributed by atoms with Crippen molar-refractivity contribution < 1.29 is 19.1 Å². The minimum absolute atomic E-state index is 0.0918. The average Bonchev–Trinajstić information content (AvgIpc) is 2.85. The van der Waals surface area contributed by atoms with Crippen molar-refractivity contribution in [1.82, 2.24) is 9.55 Å². The summed E-state index contributed by atoms with van der Waals surface area (Å²) in [5.41, 5.74) is 4.89. The number of carbonyl (C=O) groups is 2. The monoisotopic (exact) mass is 488 g/mol. The molecule has 0 atom stereocenters. The lowest BCUT2D eigenvalue weighted by Crippen LogP contribution is -2.43. The topological polar surface area (TPSA) is 137 Å². The molecule has 192 valence electrons. The normalized spacial score (nSPS) is 10.7. The zero-order valence-corrected chi connectivity index (χ0v) is 20.8. The molecule has 0 fully saturated rings. The predicted octanol–water partition coefficient (Wildman–Crippen LogP) is 3.09. The summed E-state index contributed by atoms with van der Waals surface area (Å²) in [6.07, 6.45) is 5.10. The van der Waals surface area contributed by atoms with Crippen molar-refractivity contribution in [1.29, 1.82) is 0 Å². The molecule has 0 saturated carbocycles. The maximum Gasteiger partial charge on any atom is 0.338 e. The summed E-state index contributed by atoms with van der Waals surface area (Å²) in [5, 5.41) is 0. The third-order valence-electron chi connectivity index (χ3n) is 5.40. The Morgan fingerprint density at radius 3 is 2.31 bits per heavy atom. The van der Waals surface area contributed by atoms with E-state index in [1.165, 1.54) is 9.47 Å². The van der Waals surface area contributed by atoms with Crippen molar-refractivity contribution in [3.05, 3.63) is 50.7 Å². The first-order valence-electron chi connectivity index (χ1n) is 12.2. The molecule has 0 bridgehead atoms. The Morgan fingerprint density at radius 1 is 1.00 bits per heavy atom. The van der Waals surface area contributed by atoms with E-state index in [0.29, 0.717) is 25.2 Å². The van der Waals surface area contributed by atoms with E-state index in [1.807, 2.05) is 13.8 Å². The lowest BCUT2D eigenvalue weighted by atomic mass is 10.2. The van der Waals surface area contributed by atoms with Gasteiger partial charge in [-0.1, -0.05) is 40.0 Å². The molecule has 10 nitrogen and oxygen atoms in total. The predicted molar refractivity (Wildman–Crippen MR) is 135 cm³/mol. The number of rotatable bonds is 14. The van der Waals surface area contributed by atoms with E-state index in [4.69, 9.17) is 15.2 Å². The van der Waals surface area contributed by atoms with Crippen LogP contribution in [-0.4, -0.2) is 41.2 Å². The van der Waals surface area contributed by atoms with Crippen molar-refractivity contribution in [2.45, 2.75) is 65.8 Å². The SMILES string of the molecule is CCCCCOc1ccc(C(=O)OCC(=O)N(CCCC)c2c(N)n(CCC)c(=O)[nH]c2=O)cc1. The Morgan fingerprint density at radius 2 is 1.69 bits per heavy atom. The Bertz CT molecular complexity index is 1090. The summed E-state index contributed by atoms with van der Waals surface area (Å²) in [6, 6.07) is 6.49. The fourth-order valence-electron chi connectivity index (χ4n) is 3.48. The first-order valence-corrected chi connectivity index (χ1v) is 12.2. The van der Waals surface area contributed by atoms with Gasteiger partial charge in [-0.05, 0) is 43.5 Å². The fourth-order valence-corrected chi connectivity index (χ4v) is 3.48. The molecular weight excluding hydrogens is 452 g/mol. The van der Waals surface area contributed by atoms with Crippen LogP contribution in [0.5, 0.6) is 5.75 Å². The van der Waals surface area contributed by atoms with Gasteiger partial charge in [-0.25, -0.2) is 9.59 Å². The largest absolute Gasteiger partial charge is 0.494 e. The number of amides is 1. The summed E-state index contributed by atoms with van der Waals surface area (Å²) in [4.78, 5) is 53.6. The molecule has 0 aliphatic rings. The summed E-state index contributed by atoms with van der Waals surface area (Å²) >= 11 is 0. The first kappa shape index (κ1) is 27.7. The zero-order chi connectivity index (χ0) is 25.8. The van der Waals surface area contributed by atoms with Crippen LogP contribution in [0.25, 0.3) is 0 Å². The molecule has 0 radical (unpaired) electrons. The van der Waals surface area contributed by atoms with Crippen LogP contribution < -0.4 is 26.6 Å². The minimum atomic E-state index is -0.759. The summed E-state index contributed by atoms with van der Waals surface area (Å²) < 4.78 is 12.1. The lowest BCUT2D eigenvalue weighted by Gasteiger charge is -2.24. The fraction of sp³-hybridized carbons (Fsp3) is 0.520. The van der Waals surface area contributed by atoms with Gasteiger partial charge in [0.25, 0.3) is 11.5 Å². The van der Waals surface area contributed by atoms with Crippen LogP contribution in [0.1, 0.15) is 69.7 Å². The number of carbonyl (C=O) groups excluding carboxylic acids is 2. The van der Waals surface area contributed by atoms with Crippen LogP contribution >= 0.6 is 0 Å². The number of esters is 1. The highest BCUT2D eigenvalue weighted by atomic mass is 16.5. The standard InChI is InChI=1S/C25H36N4O6/c1-4-7-9-16-34-19-12-10-18(11-13-19)24(32)35-17-20(30)28(15-8-5-2)21-22(26)29(14-6-3)25(33)27-23(21)31/h10-13H,4-9,14-17,26H2,1-3H3,(H,27,31,33). The number of aromatic amines is 1. The number of nitrogen functional groups attached to an aromatic ring is 1. The minimum Gasteiger partial charge on any atom is -0.494 e. The van der Waals surface area contributed by atoms with Gasteiger partial charge in [0.2, 0.25) is 0 Å². The second-order valence-corrected chi connectivity index (χ2v) is 8.20. The molecular formula is C25H36N4O6. The van der Waals surface area contributed by atoms with Gasteiger partial charge in [-0.2, -0.15) is 0 Å². The molecule has 0 unspecified atom stereocenters. The number of ether oxygens (including phenoxy) is 2. The summed E-state index contributed by atoms with van der Waals surface area (Å²) in [5.74, 6) is -0.729. The summed E-state index contributed by atoms with van der Waals surface area (Å²) in [6.45, 7) is 6.42. The van der Waals surface area contributed by atoms with E-state index in [1.54, 1.807) is 24.3 Å². The number of H-pyrrole nitrogens is 1. The highest BCUT2D eigenvalue weighted by Gasteiger charge is 2.25. The Kier molecular flexibility index (Phi) is 11.1. The number of hydrogen-bond acceptors (Lipinski definition) is 7. The Hall–Kier alpha value is -3.56. The van der Waals surface area contributed by atoms with Crippen LogP contribution in [0.2, 0.25) is 0 Å².